The summed E-state index contributed by atoms with van der Waals surface area (Å²) >= 11 is 9.77. The Hall–Kier alpha value is -1.33. The van der Waals surface area contributed by atoms with Gasteiger partial charge in [0.15, 0.2) is 0 Å². The molecule has 0 radical (unpaired) electrons. The van der Waals surface area contributed by atoms with Crippen LogP contribution in [0.25, 0.3) is 0 Å². The smallest absolute Gasteiger partial charge is 0.387 e. The molecule has 0 aliphatic carbocycles. The molecule has 0 amide bonds. The molecule has 2 aromatic rings. The van der Waals surface area contributed by atoms with Crippen molar-refractivity contribution < 1.29 is 18.3 Å². The van der Waals surface area contributed by atoms with Crippen molar-refractivity contribution in [2.45, 2.75) is 11.4 Å². The van der Waals surface area contributed by atoms with E-state index in [1.165, 1.54) is 12.1 Å². The molecule has 1 atom stereocenters. The van der Waals surface area contributed by atoms with E-state index in [2.05, 4.69) is 20.7 Å². The molecule has 0 heterocycles. The molecule has 112 valence electrons. The van der Waals surface area contributed by atoms with E-state index in [4.69, 9.17) is 16.3 Å². The summed E-state index contributed by atoms with van der Waals surface area (Å²) in [4.78, 5) is -0.156. The van der Waals surface area contributed by atoms with Gasteiger partial charge in [-0.3, -0.25) is 0 Å². The zero-order chi connectivity index (χ0) is 15.4. The van der Waals surface area contributed by atoms with Gasteiger partial charge in [0.2, 0.25) is 0 Å². The minimum Gasteiger partial charge on any atom is -0.497 e. The average Bonchev–Trinajstić information content (AvgIpc) is 2.46. The predicted molar refractivity (Wildman–Crippen MR) is 81.8 cm³/mol. The van der Waals surface area contributed by atoms with Gasteiger partial charge in [-0.1, -0.05) is 45.7 Å². The molecule has 0 bridgehead atoms. The van der Waals surface area contributed by atoms with Crippen LogP contribution in [0.3, 0.4) is 0 Å². The normalized spacial score (nSPS) is 12.3. The van der Waals surface area contributed by atoms with E-state index < -0.39 is 6.61 Å². The monoisotopic (exact) mass is 376 g/mol. The van der Waals surface area contributed by atoms with E-state index in [1.54, 1.807) is 25.3 Å². The third-order valence-electron chi connectivity index (χ3n) is 2.88. The Morgan fingerprint density at radius 1 is 1.05 bits per heavy atom. The summed E-state index contributed by atoms with van der Waals surface area (Å²) in [5, 5.41) is 0.559. The van der Waals surface area contributed by atoms with Crippen LogP contribution in [0.4, 0.5) is 8.78 Å². The highest BCUT2D eigenvalue weighted by atomic mass is 79.9. The van der Waals surface area contributed by atoms with Crippen molar-refractivity contribution in [3.05, 3.63) is 58.6 Å². The Morgan fingerprint density at radius 2 is 1.67 bits per heavy atom. The van der Waals surface area contributed by atoms with Gasteiger partial charge in [0.1, 0.15) is 11.5 Å². The van der Waals surface area contributed by atoms with Crippen molar-refractivity contribution in [2.75, 3.05) is 7.11 Å². The fourth-order valence-corrected chi connectivity index (χ4v) is 2.95. The lowest BCUT2D eigenvalue weighted by Crippen LogP contribution is -2.02. The molecule has 6 heteroatoms. The lowest BCUT2D eigenvalue weighted by Gasteiger charge is -2.14. The van der Waals surface area contributed by atoms with Crippen molar-refractivity contribution in [1.29, 1.82) is 0 Å². The van der Waals surface area contributed by atoms with Crippen LogP contribution in [0.15, 0.2) is 42.5 Å². The number of methoxy groups -OCH3 is 1. The van der Waals surface area contributed by atoms with Crippen molar-refractivity contribution in [2.24, 2.45) is 0 Å². The van der Waals surface area contributed by atoms with E-state index in [0.29, 0.717) is 10.8 Å². The first kappa shape index (κ1) is 16.0. The molecule has 2 nitrogen and oxygen atoms in total. The van der Waals surface area contributed by atoms with Crippen LogP contribution in [0.1, 0.15) is 16.0 Å². The SMILES string of the molecule is COc1ccc(C(Br)c2ccc(OC(F)F)cc2)c(Cl)c1. The number of hydrogen-bond acceptors (Lipinski definition) is 2. The first-order valence-electron chi connectivity index (χ1n) is 6.03. The van der Waals surface area contributed by atoms with Crippen molar-refractivity contribution in [3.63, 3.8) is 0 Å². The summed E-state index contributed by atoms with van der Waals surface area (Å²) in [6.07, 6.45) is 0. The first-order valence-corrected chi connectivity index (χ1v) is 7.33. The molecule has 2 rings (SSSR count). The second-order valence-corrected chi connectivity index (χ2v) is 5.52. The minimum absolute atomic E-state index is 0.120. The van der Waals surface area contributed by atoms with Crippen LogP contribution in [0.2, 0.25) is 5.02 Å². The van der Waals surface area contributed by atoms with Gasteiger partial charge in [-0.25, -0.2) is 0 Å². The Balaban J connectivity index is 2.21. The Labute approximate surface area is 134 Å². The van der Waals surface area contributed by atoms with Crippen LogP contribution >= 0.6 is 27.5 Å². The second-order valence-electron chi connectivity index (χ2n) is 4.20. The van der Waals surface area contributed by atoms with Crippen molar-refractivity contribution >= 4 is 27.5 Å². The number of alkyl halides is 3. The van der Waals surface area contributed by atoms with Crippen LogP contribution in [0, 0.1) is 0 Å². The summed E-state index contributed by atoms with van der Waals surface area (Å²) in [7, 11) is 1.57. The molecule has 0 fully saturated rings. The molecule has 0 saturated heterocycles. The molecule has 0 spiro atoms. The molecular weight excluding hydrogens is 366 g/mol. The third-order valence-corrected chi connectivity index (χ3v) is 4.23. The second kappa shape index (κ2) is 7.09. The lowest BCUT2D eigenvalue weighted by molar-refractivity contribution is -0.0498. The van der Waals surface area contributed by atoms with Gasteiger partial charge in [0.25, 0.3) is 0 Å². The van der Waals surface area contributed by atoms with Gasteiger partial charge < -0.3 is 9.47 Å². The summed E-state index contributed by atoms with van der Waals surface area (Å²) in [6.45, 7) is -2.83. The zero-order valence-electron chi connectivity index (χ0n) is 11.0. The maximum absolute atomic E-state index is 12.1. The summed E-state index contributed by atoms with van der Waals surface area (Å²) < 4.78 is 33.6. The predicted octanol–water partition coefficient (Wildman–Crippen LogP) is 5.43. The van der Waals surface area contributed by atoms with E-state index >= 15 is 0 Å². The van der Waals surface area contributed by atoms with Crippen molar-refractivity contribution in [1.82, 2.24) is 0 Å². The Kier molecular flexibility index (Phi) is 5.42. The highest BCUT2D eigenvalue weighted by Gasteiger charge is 2.15. The Bertz CT molecular complexity index is 605. The molecule has 0 aliphatic heterocycles. The fraction of sp³-hybridized carbons (Fsp3) is 0.200. The molecular formula is C15H12BrClF2O2. The maximum Gasteiger partial charge on any atom is 0.387 e. The van der Waals surface area contributed by atoms with Gasteiger partial charge in [0, 0.05) is 5.02 Å². The zero-order valence-corrected chi connectivity index (χ0v) is 13.4. The number of rotatable bonds is 5. The quantitative estimate of drug-likeness (QED) is 0.647. The van der Waals surface area contributed by atoms with Gasteiger partial charge in [-0.15, -0.1) is 0 Å². The highest BCUT2D eigenvalue weighted by Crippen LogP contribution is 2.37. The van der Waals surface area contributed by atoms with Gasteiger partial charge in [-0.05, 0) is 35.4 Å². The molecule has 0 saturated carbocycles. The van der Waals surface area contributed by atoms with Gasteiger partial charge in [-0.2, -0.15) is 8.78 Å². The topological polar surface area (TPSA) is 18.5 Å². The minimum atomic E-state index is -2.83. The van der Waals surface area contributed by atoms with Crippen LogP contribution in [-0.4, -0.2) is 13.7 Å². The van der Waals surface area contributed by atoms with Crippen LogP contribution in [-0.2, 0) is 0 Å². The molecule has 0 aromatic heterocycles. The molecule has 0 aliphatic rings. The number of hydrogen-bond donors (Lipinski definition) is 0. The summed E-state index contributed by atoms with van der Waals surface area (Å²) in [6, 6.07) is 11.8. The lowest BCUT2D eigenvalue weighted by atomic mass is 10.0. The largest absolute Gasteiger partial charge is 0.497 e. The molecule has 1 unspecified atom stereocenters. The van der Waals surface area contributed by atoms with Gasteiger partial charge in [0.05, 0.1) is 11.9 Å². The summed E-state index contributed by atoms with van der Waals surface area (Å²) in [5.41, 5.74) is 1.74. The van der Waals surface area contributed by atoms with Crippen LogP contribution < -0.4 is 9.47 Å². The number of benzene rings is 2. The fourth-order valence-electron chi connectivity index (χ4n) is 1.84. The van der Waals surface area contributed by atoms with E-state index in [1.807, 2.05) is 12.1 Å². The van der Waals surface area contributed by atoms with E-state index in [-0.39, 0.29) is 10.6 Å². The summed E-state index contributed by atoms with van der Waals surface area (Å²) in [5.74, 6) is 0.790. The maximum atomic E-state index is 12.1. The van der Waals surface area contributed by atoms with E-state index in [9.17, 15) is 8.78 Å². The molecule has 0 N–H and O–H groups in total. The van der Waals surface area contributed by atoms with Gasteiger partial charge >= 0.3 is 6.61 Å². The molecule has 21 heavy (non-hydrogen) atoms. The molecule has 2 aromatic carbocycles. The third kappa shape index (κ3) is 4.08. The number of ether oxygens (including phenoxy) is 2. The first-order chi connectivity index (χ1) is 10.0. The van der Waals surface area contributed by atoms with Crippen LogP contribution in [0.5, 0.6) is 11.5 Å². The van der Waals surface area contributed by atoms with E-state index in [0.717, 1.165) is 11.1 Å². The standard InChI is InChI=1S/C15H12BrClF2O2/c1-20-11-6-7-12(13(17)8-11)14(16)9-2-4-10(5-3-9)21-15(18)19/h2-8,14-15H,1H3. The number of halogens is 4. The highest BCUT2D eigenvalue weighted by molar-refractivity contribution is 9.09. The average molecular weight is 378 g/mol. The Morgan fingerprint density at radius 3 is 2.19 bits per heavy atom. The van der Waals surface area contributed by atoms with Crippen molar-refractivity contribution in [3.8, 4) is 11.5 Å².